The van der Waals surface area contributed by atoms with Crippen LogP contribution in [-0.4, -0.2) is 131 Å². The van der Waals surface area contributed by atoms with Crippen LogP contribution < -0.4 is 16.3 Å². The van der Waals surface area contributed by atoms with Gasteiger partial charge >= 0.3 is 0 Å². The molecule has 0 saturated carbocycles. The van der Waals surface area contributed by atoms with E-state index in [9.17, 15) is 0 Å². The van der Waals surface area contributed by atoms with E-state index in [1.54, 1.807) is 0 Å². The lowest BCUT2D eigenvalue weighted by atomic mass is 9.85. The van der Waals surface area contributed by atoms with Crippen LogP contribution in [0.5, 0.6) is 0 Å². The summed E-state index contributed by atoms with van der Waals surface area (Å²) in [5.41, 5.74) is 17.7. The average Bonchev–Trinajstić information content (AvgIpc) is 3.86. The van der Waals surface area contributed by atoms with Crippen molar-refractivity contribution in [3.63, 3.8) is 0 Å². The summed E-state index contributed by atoms with van der Waals surface area (Å²) in [7, 11) is 0. The minimum atomic E-state index is 0.0552. The summed E-state index contributed by atoms with van der Waals surface area (Å²) in [5.74, 6) is 0.0552. The van der Waals surface area contributed by atoms with Gasteiger partial charge in [0, 0.05) is 62.2 Å². The lowest BCUT2D eigenvalue weighted by molar-refractivity contribution is 0.253. The van der Waals surface area contributed by atoms with Crippen LogP contribution in [0.1, 0.15) is 22.6 Å². The van der Waals surface area contributed by atoms with Crippen LogP contribution in [0, 0.1) is 0 Å². The summed E-state index contributed by atoms with van der Waals surface area (Å²) in [6.07, 6.45) is 1.82. The van der Waals surface area contributed by atoms with Gasteiger partial charge in [0.15, 0.2) is 0 Å². The Kier molecular flexibility index (Phi) is 9.14. The molecule has 6 fully saturated rings. The van der Waals surface area contributed by atoms with Crippen molar-refractivity contribution >= 4 is 17.1 Å². The van der Waals surface area contributed by atoms with Gasteiger partial charge in [-0.05, 0) is 53.1 Å². The minimum Gasteiger partial charge on any atom is -0.372 e. The van der Waals surface area contributed by atoms with Gasteiger partial charge in [-0.15, -0.1) is 0 Å². The van der Waals surface area contributed by atoms with Gasteiger partial charge in [0.2, 0.25) is 0 Å². The molecule has 6 atom stereocenters. The molecule has 6 aliphatic heterocycles. The van der Waals surface area contributed by atoms with Gasteiger partial charge in [-0.25, -0.2) is 15.0 Å². The van der Waals surface area contributed by atoms with Crippen molar-refractivity contribution in [2.24, 2.45) is 0 Å². The first kappa shape index (κ1) is 31.7. The Hall–Kier alpha value is -3.30. The zero-order chi connectivity index (χ0) is 32.6. The van der Waals surface area contributed by atoms with E-state index in [2.05, 4.69) is 104 Å². The van der Waals surface area contributed by atoms with Gasteiger partial charge in [-0.1, -0.05) is 36.4 Å². The Morgan fingerprint density at radius 1 is 0.388 bits per heavy atom. The molecule has 9 rings (SSSR count). The first-order valence-corrected chi connectivity index (χ1v) is 17.7. The Morgan fingerprint density at radius 2 is 0.592 bits per heavy atom. The summed E-state index contributed by atoms with van der Waals surface area (Å²) in [5, 5.41) is 6.67. The lowest BCUT2D eigenvalue weighted by Crippen LogP contribution is -2.36. The van der Waals surface area contributed by atoms with E-state index in [4.69, 9.17) is 28.4 Å². The van der Waals surface area contributed by atoms with Gasteiger partial charge in [0.25, 0.3) is 0 Å². The standard InChI is InChI=1S/C37H46N6O6/c1-7-28(38-41(13-31-19-44-31)14-32-20-45-32)8-2-25(1)37(26-3-9-29(10-4-26)39-42(15-33-21-46-33)16-34-22-47-34)27-5-11-30(12-6-27)40-43(17-35-23-48-35)18-36-24-49-36/h1-12,31-40H,13-24H2. The molecule has 49 heavy (non-hydrogen) atoms. The highest BCUT2D eigenvalue weighted by Gasteiger charge is 2.33. The Morgan fingerprint density at radius 3 is 0.776 bits per heavy atom. The molecular formula is C37H46N6O6. The number of anilines is 3. The lowest BCUT2D eigenvalue weighted by Gasteiger charge is -2.25. The fourth-order valence-corrected chi connectivity index (χ4v) is 6.39. The maximum Gasteiger partial charge on any atom is 0.0954 e. The second-order valence-electron chi connectivity index (χ2n) is 14.1. The van der Waals surface area contributed by atoms with Crippen LogP contribution >= 0.6 is 0 Å². The monoisotopic (exact) mass is 670 g/mol. The minimum absolute atomic E-state index is 0.0552. The quantitative estimate of drug-likeness (QED) is 0.0878. The van der Waals surface area contributed by atoms with Gasteiger partial charge in [0.05, 0.1) is 76.3 Å². The molecule has 3 aromatic rings. The number of nitrogens with one attached hydrogen (secondary N) is 3. The maximum absolute atomic E-state index is 5.51. The van der Waals surface area contributed by atoms with Gasteiger partial charge in [0.1, 0.15) is 0 Å². The highest BCUT2D eigenvalue weighted by Crippen LogP contribution is 2.34. The Labute approximate surface area is 287 Å². The van der Waals surface area contributed by atoms with Crippen molar-refractivity contribution < 1.29 is 28.4 Å². The predicted molar refractivity (Wildman–Crippen MR) is 184 cm³/mol. The molecule has 6 aliphatic rings. The number of hydrogen-bond acceptors (Lipinski definition) is 12. The number of ether oxygens (including phenoxy) is 6. The molecule has 0 aromatic heterocycles. The molecule has 6 unspecified atom stereocenters. The molecule has 6 saturated heterocycles. The van der Waals surface area contributed by atoms with Crippen LogP contribution in [0.25, 0.3) is 0 Å². The summed E-state index contributed by atoms with van der Waals surface area (Å²) in [6.45, 7) is 10.1. The van der Waals surface area contributed by atoms with Crippen LogP contribution in [0.2, 0.25) is 0 Å². The fraction of sp³-hybridized carbons (Fsp3) is 0.514. The van der Waals surface area contributed by atoms with Gasteiger partial charge < -0.3 is 44.7 Å². The van der Waals surface area contributed by atoms with Gasteiger partial charge in [-0.3, -0.25) is 0 Å². The van der Waals surface area contributed by atoms with Crippen LogP contribution in [0.4, 0.5) is 17.1 Å². The van der Waals surface area contributed by atoms with Crippen molar-refractivity contribution in [1.29, 1.82) is 0 Å². The van der Waals surface area contributed by atoms with E-state index >= 15 is 0 Å². The second kappa shape index (κ2) is 14.1. The third-order valence-corrected chi connectivity index (χ3v) is 9.55. The van der Waals surface area contributed by atoms with E-state index < -0.39 is 0 Å². The molecule has 3 aromatic carbocycles. The number of rotatable bonds is 21. The molecule has 0 amide bonds. The molecule has 0 radical (unpaired) electrons. The average molecular weight is 671 g/mol. The summed E-state index contributed by atoms with van der Waals surface area (Å²) >= 11 is 0. The molecule has 6 heterocycles. The molecule has 3 N–H and O–H groups in total. The number of hydrazine groups is 3. The van der Waals surface area contributed by atoms with E-state index in [0.717, 1.165) is 96.0 Å². The first-order valence-electron chi connectivity index (χ1n) is 17.7. The zero-order valence-corrected chi connectivity index (χ0v) is 27.7. The third-order valence-electron chi connectivity index (χ3n) is 9.55. The SMILES string of the molecule is c1cc(C(c2ccc(NN(CC3CO3)CC3CO3)cc2)c2ccc(NN(CC3CO3)CC3CO3)cc2)ccc1NN(CC1CO1)CC1CO1. The van der Waals surface area contributed by atoms with Crippen molar-refractivity contribution in [3.05, 3.63) is 89.5 Å². The zero-order valence-electron chi connectivity index (χ0n) is 27.7. The van der Waals surface area contributed by atoms with Crippen molar-refractivity contribution in [2.75, 3.05) is 95.2 Å². The Balaban J connectivity index is 0.933. The second-order valence-corrected chi connectivity index (χ2v) is 14.1. The number of benzene rings is 3. The molecule has 12 nitrogen and oxygen atoms in total. The van der Waals surface area contributed by atoms with Crippen LogP contribution in [0.15, 0.2) is 72.8 Å². The highest BCUT2D eigenvalue weighted by molar-refractivity contribution is 5.54. The van der Waals surface area contributed by atoms with E-state index in [-0.39, 0.29) is 5.92 Å². The number of nitrogens with zero attached hydrogens (tertiary/aromatic N) is 3. The molecular weight excluding hydrogens is 624 g/mol. The molecule has 12 heteroatoms. The summed E-state index contributed by atoms with van der Waals surface area (Å²) < 4.78 is 33.0. The topological polar surface area (TPSA) is 121 Å². The van der Waals surface area contributed by atoms with Crippen LogP contribution in [0.3, 0.4) is 0 Å². The van der Waals surface area contributed by atoms with Gasteiger partial charge in [-0.2, -0.15) is 0 Å². The maximum atomic E-state index is 5.51. The fourth-order valence-electron chi connectivity index (χ4n) is 6.39. The number of epoxide rings is 6. The smallest absolute Gasteiger partial charge is 0.0954 e. The normalized spacial score (nSPS) is 28.0. The van der Waals surface area contributed by atoms with E-state index in [1.165, 1.54) is 16.7 Å². The summed E-state index contributed by atoms with van der Waals surface area (Å²) in [6, 6.07) is 26.5. The van der Waals surface area contributed by atoms with Crippen molar-refractivity contribution in [1.82, 2.24) is 15.0 Å². The number of hydrogen-bond donors (Lipinski definition) is 3. The van der Waals surface area contributed by atoms with E-state index in [1.807, 2.05) is 0 Å². The summed E-state index contributed by atoms with van der Waals surface area (Å²) in [4.78, 5) is 0. The predicted octanol–water partition coefficient (Wildman–Crippen LogP) is 3.15. The van der Waals surface area contributed by atoms with E-state index in [0.29, 0.717) is 36.6 Å². The highest BCUT2D eigenvalue weighted by atomic mass is 16.6. The van der Waals surface area contributed by atoms with Crippen molar-refractivity contribution in [3.8, 4) is 0 Å². The molecule has 0 spiro atoms. The van der Waals surface area contributed by atoms with Crippen molar-refractivity contribution in [2.45, 2.75) is 42.5 Å². The Bertz CT molecular complexity index is 1300. The first-order chi connectivity index (χ1) is 24.1. The largest absolute Gasteiger partial charge is 0.372 e. The molecule has 0 aliphatic carbocycles. The van der Waals surface area contributed by atoms with Crippen LogP contribution in [-0.2, 0) is 28.4 Å². The molecule has 0 bridgehead atoms. The third kappa shape index (κ3) is 9.48. The molecule has 260 valence electrons.